The largest absolute Gasteiger partial charge is 0.388 e. The maximum atomic E-state index is 15.2. The first kappa shape index (κ1) is 22.1. The lowest BCUT2D eigenvalue weighted by molar-refractivity contribution is -0.123. The van der Waals surface area contributed by atoms with Crippen LogP contribution in [0.3, 0.4) is 0 Å². The van der Waals surface area contributed by atoms with Crippen LogP contribution in [0.4, 0.5) is 10.3 Å². The van der Waals surface area contributed by atoms with Gasteiger partial charge in [0.1, 0.15) is 29.2 Å². The summed E-state index contributed by atoms with van der Waals surface area (Å²) in [6.07, 6.45) is -0.639. The topological polar surface area (TPSA) is 115 Å². The van der Waals surface area contributed by atoms with Crippen LogP contribution in [0.15, 0.2) is 18.3 Å². The Morgan fingerprint density at radius 1 is 1.35 bits per heavy atom. The number of nitrogens with zero attached hydrogens (tertiary/aromatic N) is 4. The summed E-state index contributed by atoms with van der Waals surface area (Å²) in [5.74, 6) is -0.0271. The van der Waals surface area contributed by atoms with Gasteiger partial charge in [-0.25, -0.2) is 19.3 Å². The number of rotatable bonds is 5. The Bertz CT molecular complexity index is 1280. The lowest BCUT2D eigenvalue weighted by Crippen LogP contribution is -2.48. The number of nitrogens with one attached hydrogen (secondary N) is 1. The fourth-order valence-electron chi connectivity index (χ4n) is 4.45. The van der Waals surface area contributed by atoms with E-state index >= 15 is 4.39 Å². The SMILES string of the molecule is [2H][C@@H]1O[C@@H]2C[C@@H](Nc3ncc(Cl)c(-c4cc(F)c5nc(C(C)(C)O)n(C(C)C)c5c4)n3)[C@H](O)[C@H]1O2. The van der Waals surface area contributed by atoms with E-state index in [1.165, 1.54) is 12.3 Å². The summed E-state index contributed by atoms with van der Waals surface area (Å²) in [4.78, 5) is 13.1. The molecule has 5 atom stereocenters. The van der Waals surface area contributed by atoms with E-state index in [1.807, 2.05) is 13.8 Å². The summed E-state index contributed by atoms with van der Waals surface area (Å²) in [6, 6.07) is 2.44. The maximum absolute atomic E-state index is 15.2. The van der Waals surface area contributed by atoms with Crippen LogP contribution in [0.5, 0.6) is 0 Å². The van der Waals surface area contributed by atoms with Crippen molar-refractivity contribution in [2.75, 3.05) is 11.9 Å². The van der Waals surface area contributed by atoms with Crippen molar-refractivity contribution in [1.82, 2.24) is 19.5 Å². The number of aliphatic hydroxyl groups is 2. The molecule has 4 heterocycles. The lowest BCUT2D eigenvalue weighted by atomic mass is 10.0. The number of fused-ring (bicyclic) bond motifs is 3. The molecule has 34 heavy (non-hydrogen) atoms. The van der Waals surface area contributed by atoms with Gasteiger partial charge in [0.05, 0.1) is 36.4 Å². The molecule has 9 nitrogen and oxygen atoms in total. The molecule has 0 spiro atoms. The smallest absolute Gasteiger partial charge is 0.223 e. The van der Waals surface area contributed by atoms with Gasteiger partial charge in [-0.05, 0) is 39.8 Å². The van der Waals surface area contributed by atoms with Crippen LogP contribution in [0, 0.1) is 5.82 Å². The fraction of sp³-hybridized carbons (Fsp3) is 0.522. The van der Waals surface area contributed by atoms with Gasteiger partial charge in [-0.2, -0.15) is 0 Å². The molecule has 2 aromatic heterocycles. The van der Waals surface area contributed by atoms with E-state index in [4.69, 9.17) is 22.4 Å². The molecule has 1 aromatic carbocycles. The second-order valence-electron chi connectivity index (χ2n) is 9.45. The number of anilines is 1. The van der Waals surface area contributed by atoms with Crippen molar-refractivity contribution in [3.8, 4) is 11.3 Å². The second kappa shape index (κ2) is 8.39. The van der Waals surface area contributed by atoms with Gasteiger partial charge in [-0.1, -0.05) is 11.6 Å². The minimum absolute atomic E-state index is 0.0948. The van der Waals surface area contributed by atoms with Gasteiger partial charge in [0.25, 0.3) is 0 Å². The van der Waals surface area contributed by atoms with Crippen molar-refractivity contribution < 1.29 is 25.4 Å². The third kappa shape index (κ3) is 4.03. The predicted molar refractivity (Wildman–Crippen MR) is 124 cm³/mol. The summed E-state index contributed by atoms with van der Waals surface area (Å²) in [7, 11) is 0. The third-order valence-corrected chi connectivity index (χ3v) is 6.29. The molecule has 5 rings (SSSR count). The summed E-state index contributed by atoms with van der Waals surface area (Å²) in [5.41, 5.74) is 0.0907. The van der Waals surface area contributed by atoms with Crippen molar-refractivity contribution in [1.29, 1.82) is 0 Å². The first-order valence-electron chi connectivity index (χ1n) is 11.7. The standard InChI is InChI=1S/C23H27ClFN5O4/c1-10(2)30-15-6-11(5-13(25)19(15)28-21(30)23(3,4)32)18-12(24)8-26-22(29-18)27-14-7-17-33-9-16(34-17)20(14)31/h5-6,8,10,14,16-17,20,31-32H,7,9H2,1-4H3,(H,26,27,29)/t14-,16+,17+,20+/m1/s1/i9D/t9-,14+,16-,17-,20-/m0. The van der Waals surface area contributed by atoms with E-state index in [1.54, 1.807) is 24.5 Å². The molecule has 3 aromatic rings. The Balaban J connectivity index is 1.54. The Hall–Kier alpha value is -2.37. The molecule has 0 radical (unpaired) electrons. The zero-order valence-electron chi connectivity index (χ0n) is 20.2. The molecule has 0 unspecified atom stereocenters. The van der Waals surface area contributed by atoms with Gasteiger partial charge < -0.3 is 29.6 Å². The minimum atomic E-state index is -1.27. The number of aromatic nitrogens is 4. The lowest BCUT2D eigenvalue weighted by Gasteiger charge is -2.32. The molecule has 0 amide bonds. The van der Waals surface area contributed by atoms with E-state index < -0.39 is 42.5 Å². The Kier molecular flexibility index (Phi) is 5.45. The van der Waals surface area contributed by atoms with Crippen LogP contribution in [0.1, 0.15) is 47.4 Å². The Labute approximate surface area is 202 Å². The summed E-state index contributed by atoms with van der Waals surface area (Å²) in [5, 5.41) is 24.5. The van der Waals surface area contributed by atoms with E-state index in [9.17, 15) is 10.2 Å². The summed E-state index contributed by atoms with van der Waals surface area (Å²) < 4.78 is 35.7. The van der Waals surface area contributed by atoms with Crippen LogP contribution in [0.2, 0.25) is 5.02 Å². The normalized spacial score (nSPS) is 27.4. The molecule has 11 heteroatoms. The highest BCUT2D eigenvalue weighted by atomic mass is 35.5. The predicted octanol–water partition coefficient (Wildman–Crippen LogP) is 3.38. The van der Waals surface area contributed by atoms with Crippen LogP contribution in [-0.4, -0.2) is 60.9 Å². The van der Waals surface area contributed by atoms with E-state index in [2.05, 4.69) is 20.3 Å². The molecule has 3 N–H and O–H groups in total. The summed E-state index contributed by atoms with van der Waals surface area (Å²) >= 11 is 6.41. The highest BCUT2D eigenvalue weighted by Crippen LogP contribution is 2.35. The van der Waals surface area contributed by atoms with Crippen LogP contribution in [0.25, 0.3) is 22.3 Å². The van der Waals surface area contributed by atoms with Gasteiger partial charge >= 0.3 is 0 Å². The third-order valence-electron chi connectivity index (χ3n) is 6.01. The van der Waals surface area contributed by atoms with Crippen molar-refractivity contribution in [3.05, 3.63) is 35.0 Å². The fourth-order valence-corrected chi connectivity index (χ4v) is 4.65. The molecule has 2 saturated heterocycles. The number of halogens is 2. The molecule has 2 aliphatic heterocycles. The quantitative estimate of drug-likeness (QED) is 0.496. The van der Waals surface area contributed by atoms with Gasteiger partial charge in [-0.3, -0.25) is 0 Å². The van der Waals surface area contributed by atoms with Crippen molar-refractivity contribution in [2.24, 2.45) is 0 Å². The highest BCUT2D eigenvalue weighted by molar-refractivity contribution is 6.33. The first-order valence-corrected chi connectivity index (χ1v) is 11.5. The molecule has 0 saturated carbocycles. The van der Waals surface area contributed by atoms with Crippen molar-refractivity contribution >= 4 is 28.6 Å². The molecule has 0 aliphatic carbocycles. The van der Waals surface area contributed by atoms with Gasteiger partial charge in [-0.15, -0.1) is 0 Å². The monoisotopic (exact) mass is 492 g/mol. The highest BCUT2D eigenvalue weighted by Gasteiger charge is 2.43. The van der Waals surface area contributed by atoms with E-state index in [0.29, 0.717) is 29.0 Å². The zero-order chi connectivity index (χ0) is 25.2. The van der Waals surface area contributed by atoms with Crippen molar-refractivity contribution in [3.63, 3.8) is 0 Å². The molecular formula is C23H27ClFN5O4. The number of ether oxygens (including phenoxy) is 2. The van der Waals surface area contributed by atoms with Crippen LogP contribution in [-0.2, 0) is 15.1 Å². The second-order valence-corrected chi connectivity index (χ2v) is 9.86. The average Bonchev–Trinajstić information content (AvgIpc) is 3.32. The molecule has 2 bridgehead atoms. The van der Waals surface area contributed by atoms with Gasteiger partial charge in [0, 0.05) is 18.0 Å². The van der Waals surface area contributed by atoms with Gasteiger partial charge in [0.2, 0.25) is 5.95 Å². The molecule has 2 aliphatic rings. The molecule has 2 fully saturated rings. The number of aliphatic hydroxyl groups excluding tert-OH is 1. The number of imidazole rings is 1. The maximum Gasteiger partial charge on any atom is 0.223 e. The zero-order valence-corrected chi connectivity index (χ0v) is 19.9. The number of hydrogen-bond acceptors (Lipinski definition) is 8. The first-order chi connectivity index (χ1) is 16.4. The van der Waals surface area contributed by atoms with E-state index in [0.717, 1.165) is 0 Å². The number of benzene rings is 1. The van der Waals surface area contributed by atoms with E-state index in [-0.39, 0.29) is 22.5 Å². The molecule has 182 valence electrons. The van der Waals surface area contributed by atoms with Crippen LogP contribution < -0.4 is 5.32 Å². The minimum Gasteiger partial charge on any atom is -0.388 e. The average molecular weight is 493 g/mol. The van der Waals surface area contributed by atoms with Crippen molar-refractivity contribution in [2.45, 2.75) is 70.3 Å². The Morgan fingerprint density at radius 2 is 2.12 bits per heavy atom. The van der Waals surface area contributed by atoms with Crippen LogP contribution >= 0.6 is 11.6 Å². The Morgan fingerprint density at radius 3 is 2.82 bits per heavy atom. The molecular weight excluding hydrogens is 465 g/mol. The number of hydrogen-bond donors (Lipinski definition) is 3. The summed E-state index contributed by atoms with van der Waals surface area (Å²) in [6.45, 7) is 6.11. The van der Waals surface area contributed by atoms with Gasteiger partial charge in [0.15, 0.2) is 12.1 Å².